The molecule has 3 aromatic carbocycles. The number of aromatic nitrogens is 2. The highest BCUT2D eigenvalue weighted by atomic mass is 16.2. The summed E-state index contributed by atoms with van der Waals surface area (Å²) in [5.74, 6) is -0.538. The third-order valence-electron chi connectivity index (χ3n) is 5.79. The number of hydrogen-bond donors (Lipinski definition) is 1. The monoisotopic (exact) mass is 455 g/mol. The Morgan fingerprint density at radius 3 is 2.38 bits per heavy atom. The van der Waals surface area contributed by atoms with Crippen LogP contribution in [0.4, 0.5) is 0 Å². The van der Waals surface area contributed by atoms with Crippen LogP contribution in [0.1, 0.15) is 41.4 Å². The van der Waals surface area contributed by atoms with Crippen molar-refractivity contribution in [3.05, 3.63) is 110 Å². The lowest BCUT2D eigenvalue weighted by atomic mass is 10.1. The van der Waals surface area contributed by atoms with Crippen LogP contribution in [0.25, 0.3) is 16.6 Å². The summed E-state index contributed by atoms with van der Waals surface area (Å²) in [5.41, 5.74) is 1.67. The van der Waals surface area contributed by atoms with E-state index in [0.29, 0.717) is 16.5 Å². The number of aryl methyl sites for hydroxylation is 1. The van der Waals surface area contributed by atoms with Crippen molar-refractivity contribution in [2.45, 2.75) is 33.4 Å². The molecule has 34 heavy (non-hydrogen) atoms. The van der Waals surface area contributed by atoms with E-state index in [1.165, 1.54) is 17.6 Å². The normalized spacial score (nSPS) is 11.9. The Bertz CT molecular complexity index is 1520. The van der Waals surface area contributed by atoms with Gasteiger partial charge >= 0.3 is 5.69 Å². The molecular weight excluding hydrogens is 430 g/mol. The summed E-state index contributed by atoms with van der Waals surface area (Å²) in [4.78, 5) is 51.7. The molecule has 4 aromatic rings. The molecule has 0 aliphatic rings. The first kappa shape index (κ1) is 22.9. The second-order valence-electron chi connectivity index (χ2n) is 8.34. The van der Waals surface area contributed by atoms with Crippen LogP contribution in [0.3, 0.4) is 0 Å². The van der Waals surface area contributed by atoms with Crippen LogP contribution in [0.2, 0.25) is 0 Å². The first-order chi connectivity index (χ1) is 16.3. The number of fused-ring (bicyclic) bond motifs is 1. The smallest absolute Gasteiger partial charge is 0.336 e. The van der Waals surface area contributed by atoms with Crippen LogP contribution in [0.5, 0.6) is 0 Å². The summed E-state index contributed by atoms with van der Waals surface area (Å²) in [5, 5.41) is 3.23. The molecule has 7 heteroatoms. The molecule has 0 aliphatic carbocycles. The molecule has 1 heterocycles. The van der Waals surface area contributed by atoms with E-state index in [1.807, 2.05) is 44.2 Å². The quantitative estimate of drug-likeness (QED) is 0.450. The van der Waals surface area contributed by atoms with Gasteiger partial charge in [-0.05, 0) is 50.6 Å². The standard InChI is InChI=1S/C27H25N3O4/c1-17-12-13-24-23(14-17)26(33)30(22-11-7-10-21(15-22)19(3)31)27(34)29(24)16-25(32)28-18(2)20-8-5-4-6-9-20/h4-15,18H,16H2,1-3H3,(H,28,32). The Balaban J connectivity index is 1.82. The Hall–Kier alpha value is -4.26. The zero-order chi connectivity index (χ0) is 24.4. The number of carbonyl (C=O) groups excluding carboxylic acids is 2. The van der Waals surface area contributed by atoms with Crippen LogP contribution in [0, 0.1) is 6.92 Å². The minimum absolute atomic E-state index is 0.180. The predicted octanol–water partition coefficient (Wildman–Crippen LogP) is 3.54. The fourth-order valence-electron chi connectivity index (χ4n) is 3.99. The predicted molar refractivity (Wildman–Crippen MR) is 132 cm³/mol. The number of nitrogens with zero attached hydrogens (tertiary/aromatic N) is 2. The molecule has 1 unspecified atom stereocenters. The molecule has 0 spiro atoms. The lowest BCUT2D eigenvalue weighted by Gasteiger charge is -2.17. The van der Waals surface area contributed by atoms with Crippen molar-refractivity contribution in [1.29, 1.82) is 0 Å². The van der Waals surface area contributed by atoms with Crippen molar-refractivity contribution in [3.63, 3.8) is 0 Å². The lowest BCUT2D eigenvalue weighted by Crippen LogP contribution is -2.42. The Morgan fingerprint density at radius 2 is 1.68 bits per heavy atom. The van der Waals surface area contributed by atoms with Gasteiger partial charge in [0.05, 0.1) is 22.6 Å². The largest absolute Gasteiger partial charge is 0.348 e. The maximum atomic E-state index is 13.5. The summed E-state index contributed by atoms with van der Waals surface area (Å²) < 4.78 is 2.31. The van der Waals surface area contributed by atoms with Gasteiger partial charge in [-0.2, -0.15) is 0 Å². The number of nitrogens with one attached hydrogen (secondary N) is 1. The maximum absolute atomic E-state index is 13.5. The van der Waals surface area contributed by atoms with Crippen molar-refractivity contribution >= 4 is 22.6 Å². The van der Waals surface area contributed by atoms with Crippen molar-refractivity contribution in [3.8, 4) is 5.69 Å². The van der Waals surface area contributed by atoms with E-state index >= 15 is 0 Å². The molecule has 172 valence electrons. The van der Waals surface area contributed by atoms with E-state index < -0.39 is 11.2 Å². The number of Topliss-reactive ketones (excluding diaryl/α,β-unsaturated/α-hetero) is 1. The molecule has 1 aromatic heterocycles. The van der Waals surface area contributed by atoms with Crippen LogP contribution in [-0.2, 0) is 11.3 Å². The summed E-state index contributed by atoms with van der Waals surface area (Å²) in [6.45, 7) is 4.87. The highest BCUT2D eigenvalue weighted by Crippen LogP contribution is 2.15. The third kappa shape index (κ3) is 4.45. The van der Waals surface area contributed by atoms with Crippen molar-refractivity contribution in [2.24, 2.45) is 0 Å². The van der Waals surface area contributed by atoms with Gasteiger partial charge < -0.3 is 5.32 Å². The average molecular weight is 456 g/mol. The summed E-state index contributed by atoms with van der Waals surface area (Å²) in [6.07, 6.45) is 0. The SMILES string of the molecule is CC(=O)c1cccc(-n2c(=O)c3cc(C)ccc3n(CC(=O)NC(C)c3ccccc3)c2=O)c1. The average Bonchev–Trinajstić information content (AvgIpc) is 2.82. The van der Waals surface area contributed by atoms with Gasteiger partial charge in [-0.25, -0.2) is 9.36 Å². The van der Waals surface area contributed by atoms with Gasteiger partial charge in [0.25, 0.3) is 5.56 Å². The van der Waals surface area contributed by atoms with Crippen molar-refractivity contribution in [2.75, 3.05) is 0 Å². The van der Waals surface area contributed by atoms with Gasteiger partial charge in [-0.15, -0.1) is 0 Å². The highest BCUT2D eigenvalue weighted by molar-refractivity contribution is 5.94. The van der Waals surface area contributed by atoms with Crippen LogP contribution in [0.15, 0.2) is 82.4 Å². The van der Waals surface area contributed by atoms with Crippen LogP contribution in [-0.4, -0.2) is 20.8 Å². The van der Waals surface area contributed by atoms with Gasteiger partial charge in [0.15, 0.2) is 5.78 Å². The second-order valence-corrected chi connectivity index (χ2v) is 8.34. The minimum Gasteiger partial charge on any atom is -0.348 e. The van der Waals surface area contributed by atoms with E-state index in [-0.39, 0.29) is 30.0 Å². The number of benzene rings is 3. The van der Waals surface area contributed by atoms with E-state index in [9.17, 15) is 19.2 Å². The third-order valence-corrected chi connectivity index (χ3v) is 5.79. The molecule has 0 aliphatic heterocycles. The molecule has 7 nitrogen and oxygen atoms in total. The van der Waals surface area contributed by atoms with Crippen LogP contribution >= 0.6 is 0 Å². The van der Waals surface area contributed by atoms with E-state index in [4.69, 9.17) is 0 Å². The van der Waals surface area contributed by atoms with Gasteiger partial charge in [-0.1, -0.05) is 54.1 Å². The number of rotatable bonds is 6. The number of ketones is 1. The first-order valence-corrected chi connectivity index (χ1v) is 11.0. The summed E-state index contributed by atoms with van der Waals surface area (Å²) in [7, 11) is 0. The van der Waals surface area contributed by atoms with E-state index in [1.54, 1.807) is 36.4 Å². The maximum Gasteiger partial charge on any atom is 0.336 e. The minimum atomic E-state index is -0.649. The number of hydrogen-bond acceptors (Lipinski definition) is 4. The number of amides is 1. The molecular formula is C27H25N3O4. The second kappa shape index (κ2) is 9.31. The molecule has 1 N–H and O–H groups in total. The first-order valence-electron chi connectivity index (χ1n) is 11.0. The number of carbonyl (C=O) groups is 2. The summed E-state index contributed by atoms with van der Waals surface area (Å²) >= 11 is 0. The molecule has 0 radical (unpaired) electrons. The van der Waals surface area contributed by atoms with Gasteiger partial charge in [-0.3, -0.25) is 19.0 Å². The van der Waals surface area contributed by atoms with Gasteiger partial charge in [0.1, 0.15) is 6.54 Å². The van der Waals surface area contributed by atoms with Gasteiger partial charge in [0, 0.05) is 5.56 Å². The van der Waals surface area contributed by atoms with Crippen molar-refractivity contribution < 1.29 is 9.59 Å². The zero-order valence-corrected chi connectivity index (χ0v) is 19.2. The summed E-state index contributed by atoms with van der Waals surface area (Å²) in [6, 6.07) is 20.8. The molecule has 0 bridgehead atoms. The molecule has 0 fully saturated rings. The highest BCUT2D eigenvalue weighted by Gasteiger charge is 2.18. The van der Waals surface area contributed by atoms with Gasteiger partial charge in [0.2, 0.25) is 5.91 Å². The molecule has 0 saturated carbocycles. The topological polar surface area (TPSA) is 90.2 Å². The lowest BCUT2D eigenvalue weighted by molar-refractivity contribution is -0.122. The molecule has 0 saturated heterocycles. The van der Waals surface area contributed by atoms with E-state index in [2.05, 4.69) is 5.32 Å². The fourth-order valence-corrected chi connectivity index (χ4v) is 3.99. The van der Waals surface area contributed by atoms with Crippen LogP contribution < -0.4 is 16.6 Å². The molecule has 1 atom stereocenters. The van der Waals surface area contributed by atoms with Crippen molar-refractivity contribution in [1.82, 2.24) is 14.5 Å². The van der Waals surface area contributed by atoms with E-state index in [0.717, 1.165) is 15.7 Å². The Labute approximate surface area is 196 Å². The Morgan fingerprint density at radius 1 is 0.941 bits per heavy atom. The Kier molecular flexibility index (Phi) is 6.27. The molecule has 4 rings (SSSR count). The fraction of sp³-hybridized carbons (Fsp3) is 0.185. The molecule has 1 amide bonds. The zero-order valence-electron chi connectivity index (χ0n) is 19.2.